The van der Waals surface area contributed by atoms with Crippen molar-refractivity contribution in [2.75, 3.05) is 20.1 Å². The monoisotopic (exact) mass is 291 g/mol. The van der Waals surface area contributed by atoms with Crippen molar-refractivity contribution in [3.63, 3.8) is 0 Å². The first-order valence-electron chi connectivity index (χ1n) is 5.41. The van der Waals surface area contributed by atoms with Gasteiger partial charge in [0.15, 0.2) is 4.90 Å². The van der Waals surface area contributed by atoms with E-state index in [1.54, 1.807) is 0 Å². The van der Waals surface area contributed by atoms with Crippen LogP contribution in [-0.2, 0) is 10.0 Å². The van der Waals surface area contributed by atoms with Crippen LogP contribution in [0.2, 0.25) is 0 Å². The van der Waals surface area contributed by atoms with Crippen LogP contribution >= 0.6 is 0 Å². The second-order valence-electron chi connectivity index (χ2n) is 3.81. The molecule has 9 heteroatoms. The largest absolute Gasteiger partial charge is 0.330 e. The number of rotatable bonds is 6. The van der Waals surface area contributed by atoms with Gasteiger partial charge in [0.2, 0.25) is 15.8 Å². The van der Waals surface area contributed by atoms with E-state index in [-0.39, 0.29) is 13.1 Å². The Labute approximate surface area is 110 Å². The molecule has 0 bridgehead atoms. The third-order valence-electron chi connectivity index (χ3n) is 2.50. The molecule has 1 aromatic rings. The van der Waals surface area contributed by atoms with Crippen LogP contribution in [0, 0.1) is 15.9 Å². The standard InChI is InChI=1S/C10H14FN3O4S/c1-13(7-3-6-12)19(17,18)9-5-2-4-8(11)10(9)14(15)16/h2,4-5H,3,6-7,12H2,1H3. The van der Waals surface area contributed by atoms with E-state index < -0.39 is 31.3 Å². The van der Waals surface area contributed by atoms with Gasteiger partial charge in [-0.2, -0.15) is 4.39 Å². The highest BCUT2D eigenvalue weighted by atomic mass is 32.2. The van der Waals surface area contributed by atoms with E-state index in [0.717, 1.165) is 22.5 Å². The summed E-state index contributed by atoms with van der Waals surface area (Å²) in [5, 5.41) is 10.8. The van der Waals surface area contributed by atoms with Crippen molar-refractivity contribution in [2.45, 2.75) is 11.3 Å². The number of para-hydroxylation sites is 1. The molecule has 0 aliphatic rings. The van der Waals surface area contributed by atoms with E-state index in [2.05, 4.69) is 0 Å². The Morgan fingerprint density at radius 1 is 1.47 bits per heavy atom. The highest BCUT2D eigenvalue weighted by Crippen LogP contribution is 2.28. The predicted octanol–water partition coefficient (Wildman–Crippen LogP) is 0.703. The summed E-state index contributed by atoms with van der Waals surface area (Å²) in [6.45, 7) is 0.387. The van der Waals surface area contributed by atoms with Crippen molar-refractivity contribution in [3.8, 4) is 0 Å². The van der Waals surface area contributed by atoms with Gasteiger partial charge in [-0.25, -0.2) is 12.7 Å². The average molecular weight is 291 g/mol. The number of nitrogens with two attached hydrogens (primary N) is 1. The third-order valence-corrected chi connectivity index (χ3v) is 4.39. The summed E-state index contributed by atoms with van der Waals surface area (Å²) in [6.07, 6.45) is 0.402. The van der Waals surface area contributed by atoms with Crippen LogP contribution in [0.25, 0.3) is 0 Å². The number of nitro benzene ring substituents is 1. The molecule has 19 heavy (non-hydrogen) atoms. The van der Waals surface area contributed by atoms with Crippen LogP contribution in [0.3, 0.4) is 0 Å². The van der Waals surface area contributed by atoms with Crippen LogP contribution < -0.4 is 5.73 Å². The van der Waals surface area contributed by atoms with Crippen LogP contribution in [0.5, 0.6) is 0 Å². The van der Waals surface area contributed by atoms with Gasteiger partial charge in [-0.05, 0) is 25.1 Å². The molecule has 0 heterocycles. The minimum Gasteiger partial charge on any atom is -0.330 e. The molecular weight excluding hydrogens is 277 g/mol. The quantitative estimate of drug-likeness (QED) is 0.613. The van der Waals surface area contributed by atoms with Crippen molar-refractivity contribution in [1.29, 1.82) is 0 Å². The summed E-state index contributed by atoms with van der Waals surface area (Å²) in [5.41, 5.74) is 4.23. The molecule has 1 aromatic carbocycles. The number of benzene rings is 1. The Balaban J connectivity index is 3.29. The highest BCUT2D eigenvalue weighted by molar-refractivity contribution is 7.89. The van der Waals surface area contributed by atoms with E-state index in [9.17, 15) is 22.9 Å². The molecule has 0 unspecified atom stereocenters. The molecule has 7 nitrogen and oxygen atoms in total. The molecule has 106 valence electrons. The maximum absolute atomic E-state index is 13.4. The molecule has 0 aliphatic carbocycles. The van der Waals surface area contributed by atoms with Crippen LogP contribution in [0.1, 0.15) is 6.42 Å². The summed E-state index contributed by atoms with van der Waals surface area (Å²) in [4.78, 5) is 9.09. The maximum Gasteiger partial charge on any atom is 0.324 e. The lowest BCUT2D eigenvalue weighted by Gasteiger charge is -2.16. The summed E-state index contributed by atoms with van der Waals surface area (Å²) in [5.74, 6) is -1.18. The second-order valence-corrected chi connectivity index (χ2v) is 5.83. The van der Waals surface area contributed by atoms with Crippen molar-refractivity contribution < 1.29 is 17.7 Å². The molecule has 1 rings (SSSR count). The molecular formula is C10H14FN3O4S. The van der Waals surface area contributed by atoms with E-state index >= 15 is 0 Å². The Hall–Kier alpha value is -1.58. The lowest BCUT2D eigenvalue weighted by atomic mass is 10.3. The maximum atomic E-state index is 13.4. The van der Waals surface area contributed by atoms with Crippen molar-refractivity contribution in [3.05, 3.63) is 34.1 Å². The lowest BCUT2D eigenvalue weighted by molar-refractivity contribution is -0.390. The molecule has 0 spiro atoms. The van der Waals surface area contributed by atoms with E-state index in [1.807, 2.05) is 0 Å². The Morgan fingerprint density at radius 3 is 2.63 bits per heavy atom. The third kappa shape index (κ3) is 3.25. The first-order valence-corrected chi connectivity index (χ1v) is 6.85. The first-order chi connectivity index (χ1) is 8.82. The van der Waals surface area contributed by atoms with Gasteiger partial charge in [-0.3, -0.25) is 10.1 Å². The van der Waals surface area contributed by atoms with Gasteiger partial charge in [-0.1, -0.05) is 6.07 Å². The molecule has 0 saturated heterocycles. The zero-order valence-electron chi connectivity index (χ0n) is 10.2. The van der Waals surface area contributed by atoms with Crippen molar-refractivity contribution >= 4 is 15.7 Å². The lowest BCUT2D eigenvalue weighted by Crippen LogP contribution is -2.29. The first kappa shape index (κ1) is 15.5. The molecule has 0 fully saturated rings. The summed E-state index contributed by atoms with van der Waals surface area (Å²) in [7, 11) is -2.85. The molecule has 0 saturated carbocycles. The fourth-order valence-electron chi connectivity index (χ4n) is 1.48. The fraction of sp³-hybridized carbons (Fsp3) is 0.400. The number of nitro groups is 1. The van der Waals surface area contributed by atoms with Gasteiger partial charge >= 0.3 is 5.69 Å². The number of sulfonamides is 1. The Bertz CT molecular complexity index is 576. The molecule has 0 aliphatic heterocycles. The minimum atomic E-state index is -4.11. The van der Waals surface area contributed by atoms with Gasteiger partial charge in [0.1, 0.15) is 0 Å². The van der Waals surface area contributed by atoms with Crippen molar-refractivity contribution in [1.82, 2.24) is 4.31 Å². The molecule has 0 aromatic heterocycles. The predicted molar refractivity (Wildman–Crippen MR) is 66.5 cm³/mol. The van der Waals surface area contributed by atoms with E-state index in [4.69, 9.17) is 5.73 Å². The molecule has 2 N–H and O–H groups in total. The van der Waals surface area contributed by atoms with Gasteiger partial charge in [-0.15, -0.1) is 0 Å². The topological polar surface area (TPSA) is 107 Å². The number of hydrogen-bond donors (Lipinski definition) is 1. The van der Waals surface area contributed by atoms with E-state index in [1.165, 1.54) is 7.05 Å². The molecule has 0 radical (unpaired) electrons. The van der Waals surface area contributed by atoms with Crippen molar-refractivity contribution in [2.24, 2.45) is 5.73 Å². The van der Waals surface area contributed by atoms with Gasteiger partial charge in [0, 0.05) is 13.6 Å². The second kappa shape index (κ2) is 6.04. The number of nitrogens with zero attached hydrogens (tertiary/aromatic N) is 2. The van der Waals surface area contributed by atoms with Gasteiger partial charge in [0.25, 0.3) is 0 Å². The molecule has 0 atom stereocenters. The zero-order chi connectivity index (χ0) is 14.6. The number of halogens is 1. The smallest absolute Gasteiger partial charge is 0.324 e. The Morgan fingerprint density at radius 2 is 2.11 bits per heavy atom. The number of hydrogen-bond acceptors (Lipinski definition) is 5. The Kier molecular flexibility index (Phi) is 4.92. The van der Waals surface area contributed by atoms with Gasteiger partial charge < -0.3 is 5.73 Å². The minimum absolute atomic E-state index is 0.104. The van der Waals surface area contributed by atoms with Gasteiger partial charge in [0.05, 0.1) is 4.92 Å². The summed E-state index contributed by atoms with van der Waals surface area (Å²) < 4.78 is 38.6. The normalized spacial score (nSPS) is 11.8. The van der Waals surface area contributed by atoms with Crippen LogP contribution in [-0.4, -0.2) is 37.8 Å². The van der Waals surface area contributed by atoms with Crippen LogP contribution in [0.15, 0.2) is 23.1 Å². The summed E-state index contributed by atoms with van der Waals surface area (Å²) in [6, 6.07) is 2.97. The highest BCUT2D eigenvalue weighted by Gasteiger charge is 2.31. The fourth-order valence-corrected chi connectivity index (χ4v) is 2.86. The van der Waals surface area contributed by atoms with E-state index in [0.29, 0.717) is 6.42 Å². The molecule has 0 amide bonds. The SMILES string of the molecule is CN(CCCN)S(=O)(=O)c1cccc(F)c1[N+](=O)[O-]. The summed E-state index contributed by atoms with van der Waals surface area (Å²) >= 11 is 0. The van der Waals surface area contributed by atoms with Crippen LogP contribution in [0.4, 0.5) is 10.1 Å². The average Bonchev–Trinajstić information content (AvgIpc) is 2.34. The zero-order valence-corrected chi connectivity index (χ0v) is 11.1.